The molecule has 102 valence electrons. The molecule has 0 fully saturated rings. The van der Waals surface area contributed by atoms with Crippen LogP contribution in [0.25, 0.3) is 0 Å². The maximum Gasteiger partial charge on any atom is 0.315 e. The molecule has 0 aliphatic carbocycles. The fourth-order valence-corrected chi connectivity index (χ4v) is 2.16. The first-order valence-corrected chi connectivity index (χ1v) is 6.78. The molecule has 0 unspecified atom stereocenters. The Kier molecular flexibility index (Phi) is 5.55. The van der Waals surface area contributed by atoms with Gasteiger partial charge in [-0.1, -0.05) is 13.8 Å². The Hall–Kier alpha value is -1.14. The van der Waals surface area contributed by atoms with Gasteiger partial charge in [0.05, 0.1) is 11.6 Å². The van der Waals surface area contributed by atoms with Gasteiger partial charge < -0.3 is 15.7 Å². The number of nitrogens with one attached hydrogen (secondary N) is 2. The van der Waals surface area contributed by atoms with E-state index in [-0.39, 0.29) is 18.1 Å². The van der Waals surface area contributed by atoms with Crippen LogP contribution in [0, 0.1) is 12.3 Å². The van der Waals surface area contributed by atoms with Crippen molar-refractivity contribution < 1.29 is 9.90 Å². The Morgan fingerprint density at radius 1 is 1.50 bits per heavy atom. The Labute approximate surface area is 112 Å². The lowest BCUT2D eigenvalue weighted by atomic mass is 9.90. The number of amides is 2. The number of thiazole rings is 1. The van der Waals surface area contributed by atoms with E-state index in [0.717, 1.165) is 9.88 Å². The summed E-state index contributed by atoms with van der Waals surface area (Å²) in [6.07, 6.45) is 2.44. The van der Waals surface area contributed by atoms with Gasteiger partial charge in [-0.25, -0.2) is 9.78 Å². The molecule has 1 heterocycles. The molecule has 0 saturated heterocycles. The number of hydrogen-bond acceptors (Lipinski definition) is 4. The molecule has 5 nitrogen and oxygen atoms in total. The summed E-state index contributed by atoms with van der Waals surface area (Å²) in [5.41, 5.74) is -0.0901. The van der Waals surface area contributed by atoms with E-state index >= 15 is 0 Å². The van der Waals surface area contributed by atoms with E-state index < -0.39 is 0 Å². The van der Waals surface area contributed by atoms with Crippen molar-refractivity contribution in [3.05, 3.63) is 16.1 Å². The Balaban J connectivity index is 2.26. The van der Waals surface area contributed by atoms with E-state index in [1.54, 1.807) is 17.5 Å². The molecule has 3 N–H and O–H groups in total. The molecule has 0 bridgehead atoms. The van der Waals surface area contributed by atoms with Crippen LogP contribution in [0.5, 0.6) is 0 Å². The van der Waals surface area contributed by atoms with Gasteiger partial charge in [-0.2, -0.15) is 0 Å². The lowest BCUT2D eigenvalue weighted by Gasteiger charge is -2.23. The number of aliphatic hydroxyl groups excluding tert-OH is 1. The van der Waals surface area contributed by atoms with Gasteiger partial charge in [-0.05, 0) is 18.8 Å². The average molecular weight is 271 g/mol. The summed E-state index contributed by atoms with van der Waals surface area (Å²) >= 11 is 1.57. The molecule has 18 heavy (non-hydrogen) atoms. The number of urea groups is 1. The van der Waals surface area contributed by atoms with E-state index in [4.69, 9.17) is 5.11 Å². The highest BCUT2D eigenvalue weighted by Crippen LogP contribution is 2.17. The van der Waals surface area contributed by atoms with Crippen molar-refractivity contribution in [2.24, 2.45) is 5.41 Å². The lowest BCUT2D eigenvalue weighted by molar-refractivity contribution is 0.201. The maximum atomic E-state index is 11.6. The summed E-state index contributed by atoms with van der Waals surface area (Å²) in [7, 11) is 0. The van der Waals surface area contributed by atoms with Crippen LogP contribution in [0.4, 0.5) is 4.79 Å². The molecule has 0 radical (unpaired) electrons. The van der Waals surface area contributed by atoms with Crippen LogP contribution in [0.1, 0.15) is 30.2 Å². The number of rotatable bonds is 6. The molecule has 0 aliphatic rings. The van der Waals surface area contributed by atoms with Crippen LogP contribution in [-0.4, -0.2) is 29.3 Å². The van der Waals surface area contributed by atoms with E-state index in [1.807, 2.05) is 20.8 Å². The minimum atomic E-state index is -0.188. The summed E-state index contributed by atoms with van der Waals surface area (Å²) < 4.78 is 0. The smallest absolute Gasteiger partial charge is 0.315 e. The van der Waals surface area contributed by atoms with Gasteiger partial charge in [0.15, 0.2) is 0 Å². The molecule has 1 rings (SSSR count). The number of aliphatic hydroxyl groups is 1. The van der Waals surface area contributed by atoms with E-state index in [1.165, 1.54) is 0 Å². The zero-order valence-electron chi connectivity index (χ0n) is 11.1. The standard InChI is InChI=1S/C12H21N3O2S/c1-9-13-6-10(18-9)7-14-11(17)15-8-12(2,3)4-5-16/h6,16H,4-5,7-8H2,1-3H3,(H2,14,15,17). The number of carbonyl (C=O) groups excluding carboxylic acids is 1. The van der Waals surface area contributed by atoms with Gasteiger partial charge in [0.25, 0.3) is 0 Å². The average Bonchev–Trinajstić information content (AvgIpc) is 2.70. The summed E-state index contributed by atoms with van der Waals surface area (Å²) in [5.74, 6) is 0. The minimum Gasteiger partial charge on any atom is -0.396 e. The topological polar surface area (TPSA) is 74.2 Å². The monoisotopic (exact) mass is 271 g/mol. The summed E-state index contributed by atoms with van der Waals surface area (Å²) in [4.78, 5) is 16.7. The minimum absolute atomic E-state index is 0.0901. The molecule has 0 aliphatic heterocycles. The van der Waals surface area contributed by atoms with Crippen molar-refractivity contribution in [2.75, 3.05) is 13.2 Å². The third-order valence-electron chi connectivity index (χ3n) is 2.61. The highest BCUT2D eigenvalue weighted by molar-refractivity contribution is 7.11. The third kappa shape index (κ3) is 5.46. The largest absolute Gasteiger partial charge is 0.396 e. The second kappa shape index (κ2) is 6.70. The van der Waals surface area contributed by atoms with Crippen LogP contribution >= 0.6 is 11.3 Å². The lowest BCUT2D eigenvalue weighted by Crippen LogP contribution is -2.40. The molecule has 0 aromatic carbocycles. The predicted molar refractivity (Wildman–Crippen MR) is 72.6 cm³/mol. The van der Waals surface area contributed by atoms with Gasteiger partial charge in [-0.3, -0.25) is 0 Å². The van der Waals surface area contributed by atoms with E-state index in [0.29, 0.717) is 19.5 Å². The van der Waals surface area contributed by atoms with Crippen molar-refractivity contribution in [1.82, 2.24) is 15.6 Å². The molecular formula is C12H21N3O2S. The van der Waals surface area contributed by atoms with Crippen molar-refractivity contribution in [1.29, 1.82) is 0 Å². The Morgan fingerprint density at radius 3 is 2.78 bits per heavy atom. The molecule has 0 atom stereocenters. The maximum absolute atomic E-state index is 11.6. The number of hydrogen-bond donors (Lipinski definition) is 3. The van der Waals surface area contributed by atoms with Crippen LogP contribution < -0.4 is 10.6 Å². The predicted octanol–water partition coefficient (Wildman–Crippen LogP) is 1.66. The summed E-state index contributed by atoms with van der Waals surface area (Å²) in [5, 5.41) is 15.5. The molecular weight excluding hydrogens is 250 g/mol. The third-order valence-corrected chi connectivity index (χ3v) is 3.52. The Bertz CT molecular complexity index is 390. The molecule has 1 aromatic heterocycles. The Morgan fingerprint density at radius 2 is 2.22 bits per heavy atom. The highest BCUT2D eigenvalue weighted by atomic mass is 32.1. The highest BCUT2D eigenvalue weighted by Gasteiger charge is 2.17. The molecule has 1 aromatic rings. The second-order valence-corrected chi connectivity index (χ2v) is 6.34. The van der Waals surface area contributed by atoms with Crippen LogP contribution in [0.2, 0.25) is 0 Å². The zero-order valence-corrected chi connectivity index (χ0v) is 11.9. The van der Waals surface area contributed by atoms with Gasteiger partial charge in [0.1, 0.15) is 0 Å². The number of nitrogens with zero attached hydrogens (tertiary/aromatic N) is 1. The van der Waals surface area contributed by atoms with Gasteiger partial charge >= 0.3 is 6.03 Å². The first kappa shape index (κ1) is 14.9. The van der Waals surface area contributed by atoms with E-state index in [9.17, 15) is 4.79 Å². The first-order chi connectivity index (χ1) is 8.43. The quantitative estimate of drug-likeness (QED) is 0.736. The van der Waals surface area contributed by atoms with Crippen LogP contribution in [0.15, 0.2) is 6.20 Å². The fourth-order valence-electron chi connectivity index (χ4n) is 1.43. The first-order valence-electron chi connectivity index (χ1n) is 5.97. The number of aromatic nitrogens is 1. The van der Waals surface area contributed by atoms with Crippen LogP contribution in [0.3, 0.4) is 0 Å². The summed E-state index contributed by atoms with van der Waals surface area (Å²) in [6, 6.07) is -0.188. The second-order valence-electron chi connectivity index (χ2n) is 5.02. The normalized spacial score (nSPS) is 11.3. The van der Waals surface area contributed by atoms with Crippen molar-refractivity contribution in [3.8, 4) is 0 Å². The van der Waals surface area contributed by atoms with Gasteiger partial charge in [0.2, 0.25) is 0 Å². The van der Waals surface area contributed by atoms with Gasteiger partial charge in [-0.15, -0.1) is 11.3 Å². The molecule has 6 heteroatoms. The summed E-state index contributed by atoms with van der Waals surface area (Å²) in [6.45, 7) is 7.13. The van der Waals surface area contributed by atoms with Crippen LogP contribution in [-0.2, 0) is 6.54 Å². The van der Waals surface area contributed by atoms with Crippen molar-refractivity contribution in [3.63, 3.8) is 0 Å². The van der Waals surface area contributed by atoms with Gasteiger partial charge in [0, 0.05) is 24.2 Å². The number of aryl methyl sites for hydroxylation is 1. The van der Waals surface area contributed by atoms with Crippen molar-refractivity contribution in [2.45, 2.75) is 33.7 Å². The zero-order chi connectivity index (χ0) is 13.6. The van der Waals surface area contributed by atoms with E-state index in [2.05, 4.69) is 15.6 Å². The molecule has 0 spiro atoms. The fraction of sp³-hybridized carbons (Fsp3) is 0.667. The molecule has 2 amide bonds. The SMILES string of the molecule is Cc1ncc(CNC(=O)NCC(C)(C)CCO)s1. The number of carbonyl (C=O) groups is 1. The van der Waals surface area contributed by atoms with Crippen molar-refractivity contribution >= 4 is 17.4 Å². The molecule has 0 saturated carbocycles.